The summed E-state index contributed by atoms with van der Waals surface area (Å²) in [7, 11) is 1.75. The van der Waals surface area contributed by atoms with Crippen LogP contribution in [0.15, 0.2) is 30.3 Å². The van der Waals surface area contributed by atoms with Crippen LogP contribution in [0.5, 0.6) is 0 Å². The summed E-state index contributed by atoms with van der Waals surface area (Å²) in [6, 6.07) is 7.74. The Labute approximate surface area is 147 Å². The summed E-state index contributed by atoms with van der Waals surface area (Å²) in [6.07, 6.45) is 3.58. The van der Waals surface area contributed by atoms with E-state index in [1.54, 1.807) is 34.8 Å². The highest BCUT2D eigenvalue weighted by Crippen LogP contribution is 2.25. The van der Waals surface area contributed by atoms with E-state index in [0.29, 0.717) is 17.9 Å². The molecule has 1 fully saturated rings. The number of aliphatic hydroxyl groups excluding tert-OH is 1. The first-order valence-corrected chi connectivity index (χ1v) is 8.72. The van der Waals surface area contributed by atoms with Crippen LogP contribution in [-0.4, -0.2) is 45.4 Å². The molecule has 1 saturated carbocycles. The van der Waals surface area contributed by atoms with Gasteiger partial charge in [-0.3, -0.25) is 4.79 Å². The Morgan fingerprint density at radius 3 is 2.68 bits per heavy atom. The molecule has 3 rings (SSSR count). The van der Waals surface area contributed by atoms with Crippen molar-refractivity contribution in [3.63, 3.8) is 0 Å². The zero-order chi connectivity index (χ0) is 18.0. The molecule has 1 amide bonds. The second kappa shape index (κ2) is 7.35. The van der Waals surface area contributed by atoms with Gasteiger partial charge >= 0.3 is 0 Å². The maximum Gasteiger partial charge on any atom is 0.274 e. The van der Waals surface area contributed by atoms with Crippen LogP contribution in [-0.2, 0) is 0 Å². The molecule has 1 heterocycles. The van der Waals surface area contributed by atoms with Gasteiger partial charge in [0.15, 0.2) is 5.69 Å². The van der Waals surface area contributed by atoms with Gasteiger partial charge in [-0.2, -0.15) is 5.10 Å². The van der Waals surface area contributed by atoms with E-state index in [4.69, 9.17) is 0 Å². The first kappa shape index (κ1) is 17.6. The summed E-state index contributed by atoms with van der Waals surface area (Å²) in [4.78, 5) is 14.3. The summed E-state index contributed by atoms with van der Waals surface area (Å²) in [5.74, 6) is -0.347. The predicted molar refractivity (Wildman–Crippen MR) is 93.2 cm³/mol. The SMILES string of the molecule is Cc1cc(C(=O)N(C)CC2CCCCC2O)nn1-c1ccc(F)cc1. The number of hydrogen-bond acceptors (Lipinski definition) is 3. The highest BCUT2D eigenvalue weighted by Gasteiger charge is 2.27. The van der Waals surface area contributed by atoms with E-state index < -0.39 is 0 Å². The molecule has 0 saturated heterocycles. The van der Waals surface area contributed by atoms with Gasteiger partial charge in [-0.25, -0.2) is 9.07 Å². The van der Waals surface area contributed by atoms with Crippen LogP contribution in [0.4, 0.5) is 4.39 Å². The maximum absolute atomic E-state index is 13.1. The van der Waals surface area contributed by atoms with Gasteiger partial charge in [0.2, 0.25) is 0 Å². The third-order valence-corrected chi connectivity index (χ3v) is 4.90. The zero-order valence-electron chi connectivity index (χ0n) is 14.7. The first-order valence-electron chi connectivity index (χ1n) is 8.72. The molecule has 6 heteroatoms. The molecule has 2 aromatic rings. The molecular formula is C19H24FN3O2. The predicted octanol–water partition coefficient (Wildman–Crippen LogP) is 2.94. The highest BCUT2D eigenvalue weighted by molar-refractivity contribution is 5.92. The van der Waals surface area contributed by atoms with Crippen LogP contribution < -0.4 is 0 Å². The Morgan fingerprint density at radius 2 is 2.00 bits per heavy atom. The molecule has 0 spiro atoms. The molecular weight excluding hydrogens is 321 g/mol. The number of halogens is 1. The van der Waals surface area contributed by atoms with Crippen molar-refractivity contribution in [2.45, 2.75) is 38.7 Å². The Kier molecular flexibility index (Phi) is 5.18. The Balaban J connectivity index is 1.74. The van der Waals surface area contributed by atoms with Crippen molar-refractivity contribution in [1.82, 2.24) is 14.7 Å². The van der Waals surface area contributed by atoms with Crippen molar-refractivity contribution < 1.29 is 14.3 Å². The second-order valence-corrected chi connectivity index (χ2v) is 6.86. The van der Waals surface area contributed by atoms with Crippen molar-refractivity contribution in [1.29, 1.82) is 0 Å². The largest absolute Gasteiger partial charge is 0.393 e. The minimum atomic E-state index is -0.331. The number of nitrogens with zero attached hydrogens (tertiary/aromatic N) is 3. The normalized spacial score (nSPS) is 20.5. The lowest BCUT2D eigenvalue weighted by Crippen LogP contribution is -2.38. The molecule has 0 radical (unpaired) electrons. The number of aromatic nitrogens is 2. The summed E-state index contributed by atoms with van der Waals surface area (Å²) in [5.41, 5.74) is 1.87. The number of benzene rings is 1. The molecule has 2 atom stereocenters. The van der Waals surface area contributed by atoms with E-state index >= 15 is 0 Å². The van der Waals surface area contributed by atoms with Crippen molar-refractivity contribution >= 4 is 5.91 Å². The first-order chi connectivity index (χ1) is 12.0. The van der Waals surface area contributed by atoms with Crippen molar-refractivity contribution in [3.05, 3.63) is 47.5 Å². The number of aryl methyl sites for hydroxylation is 1. The Morgan fingerprint density at radius 1 is 1.32 bits per heavy atom. The maximum atomic E-state index is 13.1. The molecule has 1 aliphatic rings. The van der Waals surface area contributed by atoms with Crippen LogP contribution >= 0.6 is 0 Å². The summed E-state index contributed by atoms with van der Waals surface area (Å²) in [6.45, 7) is 2.39. The smallest absolute Gasteiger partial charge is 0.274 e. The number of amides is 1. The molecule has 5 nitrogen and oxygen atoms in total. The van der Waals surface area contributed by atoms with E-state index in [1.807, 2.05) is 6.92 Å². The summed E-state index contributed by atoms with van der Waals surface area (Å²) >= 11 is 0. The number of aliphatic hydroxyl groups is 1. The Hall–Kier alpha value is -2.21. The number of rotatable bonds is 4. The lowest BCUT2D eigenvalue weighted by Gasteiger charge is -2.30. The van der Waals surface area contributed by atoms with Crippen molar-refractivity contribution in [2.24, 2.45) is 5.92 Å². The molecule has 1 aromatic heterocycles. The van der Waals surface area contributed by atoms with Gasteiger partial charge in [-0.15, -0.1) is 0 Å². The monoisotopic (exact) mass is 345 g/mol. The van der Waals surface area contributed by atoms with E-state index in [1.165, 1.54) is 12.1 Å². The standard InChI is InChI=1S/C19H24FN3O2/c1-13-11-17(21-23(13)16-9-7-15(20)8-10-16)19(25)22(2)12-14-5-3-4-6-18(14)24/h7-11,14,18,24H,3-6,12H2,1-2H3. The van der Waals surface area contributed by atoms with Crippen LogP contribution in [0.1, 0.15) is 41.9 Å². The fraction of sp³-hybridized carbons (Fsp3) is 0.474. The van der Waals surface area contributed by atoms with Gasteiger partial charge in [0.25, 0.3) is 5.91 Å². The lowest BCUT2D eigenvalue weighted by atomic mass is 9.86. The van der Waals surface area contributed by atoms with E-state index in [-0.39, 0.29) is 23.7 Å². The summed E-state index contributed by atoms with van der Waals surface area (Å²) in [5, 5.41) is 14.5. The fourth-order valence-electron chi connectivity index (χ4n) is 3.45. The minimum Gasteiger partial charge on any atom is -0.393 e. The van der Waals surface area contributed by atoms with Gasteiger partial charge in [-0.1, -0.05) is 12.8 Å². The van der Waals surface area contributed by atoms with Gasteiger partial charge < -0.3 is 10.0 Å². The van der Waals surface area contributed by atoms with Crippen molar-refractivity contribution in [2.75, 3.05) is 13.6 Å². The lowest BCUT2D eigenvalue weighted by molar-refractivity contribution is 0.0448. The van der Waals surface area contributed by atoms with Gasteiger partial charge in [0.1, 0.15) is 5.82 Å². The molecule has 25 heavy (non-hydrogen) atoms. The average molecular weight is 345 g/mol. The van der Waals surface area contributed by atoms with Crippen LogP contribution in [0.2, 0.25) is 0 Å². The quantitative estimate of drug-likeness (QED) is 0.927. The van der Waals surface area contributed by atoms with Gasteiger partial charge in [0, 0.05) is 25.2 Å². The van der Waals surface area contributed by atoms with Crippen molar-refractivity contribution in [3.8, 4) is 5.69 Å². The molecule has 0 aliphatic heterocycles. The average Bonchev–Trinajstić information content (AvgIpc) is 2.98. The third-order valence-electron chi connectivity index (χ3n) is 4.90. The van der Waals surface area contributed by atoms with Crippen LogP contribution in [0.25, 0.3) is 5.69 Å². The summed E-state index contributed by atoms with van der Waals surface area (Å²) < 4.78 is 14.7. The number of hydrogen-bond donors (Lipinski definition) is 1. The van der Waals surface area contributed by atoms with Gasteiger partial charge in [0.05, 0.1) is 11.8 Å². The van der Waals surface area contributed by atoms with Crippen LogP contribution in [0, 0.1) is 18.7 Å². The fourth-order valence-corrected chi connectivity index (χ4v) is 3.45. The highest BCUT2D eigenvalue weighted by atomic mass is 19.1. The number of carbonyl (C=O) groups excluding carboxylic acids is 1. The molecule has 2 unspecified atom stereocenters. The molecule has 1 aromatic carbocycles. The topological polar surface area (TPSA) is 58.4 Å². The van der Waals surface area contributed by atoms with Crippen LogP contribution in [0.3, 0.4) is 0 Å². The van der Waals surface area contributed by atoms with E-state index in [9.17, 15) is 14.3 Å². The van der Waals surface area contributed by atoms with E-state index in [2.05, 4.69) is 5.10 Å². The third kappa shape index (κ3) is 3.90. The Bertz CT molecular complexity index is 742. The zero-order valence-corrected chi connectivity index (χ0v) is 14.7. The van der Waals surface area contributed by atoms with E-state index in [0.717, 1.165) is 31.4 Å². The second-order valence-electron chi connectivity index (χ2n) is 6.86. The molecule has 1 aliphatic carbocycles. The molecule has 134 valence electrons. The molecule has 0 bridgehead atoms. The number of carbonyl (C=O) groups is 1. The van der Waals surface area contributed by atoms with Gasteiger partial charge in [-0.05, 0) is 50.1 Å². The minimum absolute atomic E-state index is 0.128. The molecule has 1 N–H and O–H groups in total.